The van der Waals surface area contributed by atoms with E-state index in [9.17, 15) is 18.0 Å². The van der Waals surface area contributed by atoms with Crippen molar-refractivity contribution < 1.29 is 27.5 Å². The second-order valence-corrected chi connectivity index (χ2v) is 6.81. The van der Waals surface area contributed by atoms with Crippen molar-refractivity contribution >= 4 is 31.8 Å². The fraction of sp³-hybridized carbons (Fsp3) is 0.333. The van der Waals surface area contributed by atoms with Gasteiger partial charge in [-0.25, -0.2) is 18.0 Å². The predicted octanol–water partition coefficient (Wildman–Crippen LogP) is 1.02. The Morgan fingerprint density at radius 1 is 1.29 bits per heavy atom. The van der Waals surface area contributed by atoms with Gasteiger partial charge in [-0.15, -0.1) is 0 Å². The van der Waals surface area contributed by atoms with Crippen LogP contribution in [0.15, 0.2) is 30.3 Å². The normalized spacial score (nSPS) is 12.3. The molecule has 1 aromatic carbocycles. The molecule has 0 bridgehead atoms. The van der Waals surface area contributed by atoms with Crippen LogP contribution in [0.5, 0.6) is 0 Å². The second kappa shape index (κ2) is 7.84. The third kappa shape index (κ3) is 6.96. The first kappa shape index (κ1) is 17.3. The molecular formula is C12H14ClNO6S. The molecule has 0 radical (unpaired) electrons. The van der Waals surface area contributed by atoms with Crippen LogP contribution in [0, 0.1) is 0 Å². The maximum Gasteiger partial charge on any atom is 0.408 e. The molecule has 0 aliphatic rings. The smallest absolute Gasteiger partial charge is 0.408 e. The van der Waals surface area contributed by atoms with Gasteiger partial charge in [-0.3, -0.25) is 0 Å². The van der Waals surface area contributed by atoms with Crippen molar-refractivity contribution in [1.29, 1.82) is 0 Å². The third-order valence-electron chi connectivity index (χ3n) is 2.36. The summed E-state index contributed by atoms with van der Waals surface area (Å²) in [4.78, 5) is 22.9. The Labute approximate surface area is 126 Å². The van der Waals surface area contributed by atoms with Crippen LogP contribution in [0.3, 0.4) is 0 Å². The van der Waals surface area contributed by atoms with Crippen molar-refractivity contribution in [3.63, 3.8) is 0 Å². The van der Waals surface area contributed by atoms with Gasteiger partial charge in [0.2, 0.25) is 9.05 Å². The van der Waals surface area contributed by atoms with Crippen molar-refractivity contribution in [3.05, 3.63) is 35.9 Å². The summed E-state index contributed by atoms with van der Waals surface area (Å²) in [6.45, 7) is -0.0197. The van der Waals surface area contributed by atoms with E-state index in [1.165, 1.54) is 0 Å². The van der Waals surface area contributed by atoms with E-state index in [0.29, 0.717) is 0 Å². The number of rotatable bonds is 6. The van der Waals surface area contributed by atoms with Crippen LogP contribution in [0.1, 0.15) is 5.56 Å². The van der Waals surface area contributed by atoms with E-state index in [2.05, 4.69) is 10.1 Å². The number of benzene rings is 1. The minimum Gasteiger partial charge on any atom is -0.467 e. The van der Waals surface area contributed by atoms with Crippen LogP contribution in [0.25, 0.3) is 0 Å². The van der Waals surface area contributed by atoms with E-state index in [1.54, 1.807) is 24.3 Å². The van der Waals surface area contributed by atoms with Crippen LogP contribution < -0.4 is 5.32 Å². The maximum atomic E-state index is 11.6. The lowest BCUT2D eigenvalue weighted by Crippen LogP contribution is -2.45. The Hall–Kier alpha value is -1.80. The number of carbonyl (C=O) groups excluding carboxylic acids is 2. The van der Waals surface area contributed by atoms with Crippen LogP contribution in [0.4, 0.5) is 4.79 Å². The molecule has 116 valence electrons. The molecule has 1 aromatic rings. The largest absolute Gasteiger partial charge is 0.467 e. The van der Waals surface area contributed by atoms with Crippen molar-refractivity contribution in [2.24, 2.45) is 0 Å². The number of nitrogens with one attached hydrogen (secondary N) is 1. The van der Waals surface area contributed by atoms with Gasteiger partial charge in [0.15, 0.2) is 0 Å². The molecule has 0 aliphatic heterocycles. The molecule has 0 heterocycles. The van der Waals surface area contributed by atoms with Gasteiger partial charge >= 0.3 is 12.1 Å². The summed E-state index contributed by atoms with van der Waals surface area (Å²) >= 11 is 0. The number of alkyl carbamates (subject to hydrolysis) is 1. The van der Waals surface area contributed by atoms with Crippen LogP contribution >= 0.6 is 10.7 Å². The number of amides is 1. The highest BCUT2D eigenvalue weighted by molar-refractivity contribution is 8.13. The summed E-state index contributed by atoms with van der Waals surface area (Å²) in [5.41, 5.74) is 0.743. The molecule has 1 unspecified atom stereocenters. The van der Waals surface area contributed by atoms with Gasteiger partial charge in [0.25, 0.3) is 0 Å². The van der Waals surface area contributed by atoms with E-state index < -0.39 is 32.9 Å². The first-order valence-corrected chi connectivity index (χ1v) is 8.27. The molecule has 0 spiro atoms. The van der Waals surface area contributed by atoms with Crippen LogP contribution in [-0.4, -0.2) is 39.4 Å². The zero-order valence-corrected chi connectivity index (χ0v) is 12.7. The van der Waals surface area contributed by atoms with Gasteiger partial charge in [-0.05, 0) is 5.56 Å². The molecule has 0 fully saturated rings. The van der Waals surface area contributed by atoms with Gasteiger partial charge in [0.1, 0.15) is 12.6 Å². The Morgan fingerprint density at radius 3 is 2.43 bits per heavy atom. The van der Waals surface area contributed by atoms with Gasteiger partial charge in [-0.1, -0.05) is 30.3 Å². The van der Waals surface area contributed by atoms with Crippen molar-refractivity contribution in [2.75, 3.05) is 12.9 Å². The Morgan fingerprint density at radius 2 is 1.90 bits per heavy atom. The number of methoxy groups -OCH3 is 1. The van der Waals surface area contributed by atoms with Gasteiger partial charge in [-0.2, -0.15) is 0 Å². The summed E-state index contributed by atoms with van der Waals surface area (Å²) in [7, 11) is 2.13. The molecular weight excluding hydrogens is 322 g/mol. The average Bonchev–Trinajstić information content (AvgIpc) is 2.43. The molecule has 0 aliphatic carbocycles. The lowest BCUT2D eigenvalue weighted by atomic mass is 10.2. The molecule has 9 heteroatoms. The molecule has 1 N–H and O–H groups in total. The highest BCUT2D eigenvalue weighted by Gasteiger charge is 2.27. The molecule has 1 rings (SSSR count). The lowest BCUT2D eigenvalue weighted by Gasteiger charge is -2.14. The van der Waals surface area contributed by atoms with Crippen LogP contribution in [0.2, 0.25) is 0 Å². The second-order valence-electron chi connectivity index (χ2n) is 3.99. The minimum atomic E-state index is -3.99. The number of hydrogen-bond donors (Lipinski definition) is 1. The standard InChI is InChI=1S/C12H14ClNO6S/c1-19-11(15)10(8-21(13,17)18)14-12(16)20-7-9-5-3-2-4-6-9/h2-6,10H,7-8H2,1H3,(H,14,16). The summed E-state index contributed by atoms with van der Waals surface area (Å²) in [6.07, 6.45) is -0.949. The summed E-state index contributed by atoms with van der Waals surface area (Å²) in [5, 5.41) is 2.10. The van der Waals surface area contributed by atoms with E-state index in [1.807, 2.05) is 6.07 Å². The first-order chi connectivity index (χ1) is 9.81. The molecule has 0 saturated carbocycles. The van der Waals surface area contributed by atoms with E-state index in [0.717, 1.165) is 12.7 Å². The van der Waals surface area contributed by atoms with E-state index >= 15 is 0 Å². The monoisotopic (exact) mass is 335 g/mol. The SMILES string of the molecule is COC(=O)C(CS(=O)(=O)Cl)NC(=O)OCc1ccccc1. The van der Waals surface area contributed by atoms with Crippen LogP contribution in [-0.2, 0) is 29.9 Å². The Kier molecular flexibility index (Phi) is 6.44. The van der Waals surface area contributed by atoms with Crippen molar-refractivity contribution in [2.45, 2.75) is 12.6 Å². The van der Waals surface area contributed by atoms with E-state index in [4.69, 9.17) is 15.4 Å². The molecule has 21 heavy (non-hydrogen) atoms. The Balaban J connectivity index is 2.58. The zero-order valence-electron chi connectivity index (χ0n) is 11.1. The van der Waals surface area contributed by atoms with Crippen molar-refractivity contribution in [1.82, 2.24) is 5.32 Å². The quantitative estimate of drug-likeness (QED) is 0.615. The highest BCUT2D eigenvalue weighted by Crippen LogP contribution is 2.04. The Bertz CT molecular complexity index is 589. The topological polar surface area (TPSA) is 98.8 Å². The van der Waals surface area contributed by atoms with E-state index in [-0.39, 0.29) is 6.61 Å². The number of ether oxygens (including phenoxy) is 2. The summed E-state index contributed by atoms with van der Waals surface area (Å²) in [5.74, 6) is -1.72. The number of hydrogen-bond acceptors (Lipinski definition) is 6. The third-order valence-corrected chi connectivity index (χ3v) is 3.47. The molecule has 0 saturated heterocycles. The molecule has 1 atom stereocenters. The fourth-order valence-corrected chi connectivity index (χ4v) is 2.41. The summed E-state index contributed by atoms with van der Waals surface area (Å²) < 4.78 is 31.2. The fourth-order valence-electron chi connectivity index (χ4n) is 1.42. The predicted molar refractivity (Wildman–Crippen MR) is 75.2 cm³/mol. The van der Waals surface area contributed by atoms with Crippen molar-refractivity contribution in [3.8, 4) is 0 Å². The number of carbonyl (C=O) groups is 2. The average molecular weight is 336 g/mol. The maximum absolute atomic E-state index is 11.6. The molecule has 7 nitrogen and oxygen atoms in total. The van der Waals surface area contributed by atoms with Gasteiger partial charge in [0.05, 0.1) is 12.9 Å². The highest BCUT2D eigenvalue weighted by atomic mass is 35.7. The lowest BCUT2D eigenvalue weighted by molar-refractivity contribution is -0.142. The first-order valence-electron chi connectivity index (χ1n) is 5.79. The van der Waals surface area contributed by atoms with Gasteiger partial charge in [0, 0.05) is 10.7 Å². The zero-order chi connectivity index (χ0) is 15.9. The summed E-state index contributed by atoms with van der Waals surface area (Å²) in [6, 6.07) is 7.41. The minimum absolute atomic E-state index is 0.0197. The number of halogens is 1. The molecule has 0 aromatic heterocycles. The number of esters is 1. The van der Waals surface area contributed by atoms with Gasteiger partial charge < -0.3 is 14.8 Å². The molecule has 1 amide bonds.